The van der Waals surface area contributed by atoms with Crippen LogP contribution in [0.15, 0.2) is 29.3 Å². The Bertz CT molecular complexity index is 837. The number of carbonyl (C=O) groups excluding carboxylic acids is 1. The molecule has 2 aromatic rings. The Labute approximate surface area is 154 Å². The molecule has 130 valence electrons. The number of aromatic hydroxyl groups is 1. The quantitative estimate of drug-likeness (QED) is 0.591. The summed E-state index contributed by atoms with van der Waals surface area (Å²) in [7, 11) is 1.55. The number of rotatable bonds is 6. The van der Waals surface area contributed by atoms with Crippen LogP contribution in [0.25, 0.3) is 0 Å². The zero-order valence-corrected chi connectivity index (χ0v) is 15.2. The SMILES string of the molecule is COCc1cc(C)nc(SCC(=O)Nc2cc(Cl)ccc2O)c1C#N. The molecule has 2 N–H and O–H groups in total. The highest BCUT2D eigenvalue weighted by Gasteiger charge is 2.14. The number of methoxy groups -OCH3 is 1. The number of benzene rings is 1. The smallest absolute Gasteiger partial charge is 0.234 e. The summed E-state index contributed by atoms with van der Waals surface area (Å²) in [5, 5.41) is 22.6. The van der Waals surface area contributed by atoms with E-state index >= 15 is 0 Å². The molecule has 1 aromatic heterocycles. The predicted molar refractivity (Wildman–Crippen MR) is 96.9 cm³/mol. The number of halogens is 1. The number of ether oxygens (including phenoxy) is 1. The molecule has 0 saturated carbocycles. The van der Waals surface area contributed by atoms with Gasteiger partial charge in [-0.3, -0.25) is 4.79 Å². The average molecular weight is 378 g/mol. The fourth-order valence-corrected chi connectivity index (χ4v) is 3.17. The van der Waals surface area contributed by atoms with Gasteiger partial charge in [-0.1, -0.05) is 23.4 Å². The summed E-state index contributed by atoms with van der Waals surface area (Å²) in [6, 6.07) is 8.28. The summed E-state index contributed by atoms with van der Waals surface area (Å²) in [6.07, 6.45) is 0. The second-order valence-corrected chi connectivity index (χ2v) is 6.55. The number of phenols is 1. The fourth-order valence-electron chi connectivity index (χ4n) is 2.13. The van der Waals surface area contributed by atoms with Crippen molar-refractivity contribution in [2.24, 2.45) is 0 Å². The van der Waals surface area contributed by atoms with E-state index in [0.29, 0.717) is 22.2 Å². The monoisotopic (exact) mass is 377 g/mol. The third kappa shape index (κ3) is 5.10. The van der Waals surface area contributed by atoms with Gasteiger partial charge >= 0.3 is 0 Å². The maximum Gasteiger partial charge on any atom is 0.234 e. The first kappa shape index (κ1) is 19.1. The molecule has 25 heavy (non-hydrogen) atoms. The number of nitrogens with one attached hydrogen (secondary N) is 1. The zero-order chi connectivity index (χ0) is 18.4. The third-order valence-corrected chi connectivity index (χ3v) is 4.39. The van der Waals surface area contributed by atoms with Gasteiger partial charge in [-0.25, -0.2) is 4.98 Å². The number of pyridine rings is 1. The van der Waals surface area contributed by atoms with Crippen LogP contribution in [-0.4, -0.2) is 28.9 Å². The van der Waals surface area contributed by atoms with Crippen molar-refractivity contribution in [1.29, 1.82) is 5.26 Å². The van der Waals surface area contributed by atoms with Gasteiger partial charge in [-0.2, -0.15) is 5.26 Å². The van der Waals surface area contributed by atoms with Crippen LogP contribution in [0, 0.1) is 18.3 Å². The van der Waals surface area contributed by atoms with E-state index in [1.807, 2.05) is 6.92 Å². The fraction of sp³-hybridized carbons (Fsp3) is 0.235. The highest BCUT2D eigenvalue weighted by molar-refractivity contribution is 8.00. The maximum absolute atomic E-state index is 12.1. The number of aryl methyl sites for hydroxylation is 1. The van der Waals surface area contributed by atoms with Crippen LogP contribution in [-0.2, 0) is 16.1 Å². The molecule has 2 rings (SSSR count). The molecule has 6 nitrogen and oxygen atoms in total. The maximum atomic E-state index is 12.1. The summed E-state index contributed by atoms with van der Waals surface area (Å²) >= 11 is 7.00. The second kappa shape index (κ2) is 8.72. The number of carbonyl (C=O) groups is 1. The largest absolute Gasteiger partial charge is 0.506 e. The lowest BCUT2D eigenvalue weighted by molar-refractivity contribution is -0.113. The molecule has 0 aliphatic carbocycles. The van der Waals surface area contributed by atoms with Crippen molar-refractivity contribution in [2.75, 3.05) is 18.2 Å². The molecule has 0 saturated heterocycles. The summed E-state index contributed by atoms with van der Waals surface area (Å²) in [5.41, 5.74) is 2.10. The minimum atomic E-state index is -0.344. The predicted octanol–water partition coefficient (Wildman–Crippen LogP) is 3.50. The Morgan fingerprint density at radius 1 is 1.48 bits per heavy atom. The van der Waals surface area contributed by atoms with E-state index < -0.39 is 0 Å². The Hall–Kier alpha value is -2.27. The van der Waals surface area contributed by atoms with Gasteiger partial charge in [0, 0.05) is 17.8 Å². The molecule has 0 aliphatic heterocycles. The number of thioether (sulfide) groups is 1. The van der Waals surface area contributed by atoms with Crippen molar-refractivity contribution < 1.29 is 14.6 Å². The number of hydrogen-bond donors (Lipinski definition) is 2. The average Bonchev–Trinajstić information content (AvgIpc) is 2.56. The second-order valence-electron chi connectivity index (χ2n) is 5.15. The first-order valence-electron chi connectivity index (χ1n) is 7.25. The Morgan fingerprint density at radius 3 is 2.92 bits per heavy atom. The molecule has 0 spiro atoms. The number of nitriles is 1. The van der Waals surface area contributed by atoms with Crippen molar-refractivity contribution >= 4 is 35.0 Å². The van der Waals surface area contributed by atoms with Crippen molar-refractivity contribution in [3.63, 3.8) is 0 Å². The summed E-state index contributed by atoms with van der Waals surface area (Å²) in [6.45, 7) is 2.11. The number of aromatic nitrogens is 1. The number of phenolic OH excluding ortho intramolecular Hbond substituents is 1. The van der Waals surface area contributed by atoms with Crippen LogP contribution in [0.4, 0.5) is 5.69 Å². The van der Waals surface area contributed by atoms with Crippen molar-refractivity contribution in [3.05, 3.63) is 46.1 Å². The van der Waals surface area contributed by atoms with Gasteiger partial charge in [0.25, 0.3) is 0 Å². The van der Waals surface area contributed by atoms with Crippen LogP contribution in [0.2, 0.25) is 5.02 Å². The van der Waals surface area contributed by atoms with E-state index in [1.54, 1.807) is 13.2 Å². The number of anilines is 1. The molecule has 0 bridgehead atoms. The Balaban J connectivity index is 2.11. The van der Waals surface area contributed by atoms with Gasteiger partial charge in [0.05, 0.1) is 23.6 Å². The van der Waals surface area contributed by atoms with Crippen LogP contribution < -0.4 is 5.32 Å². The van der Waals surface area contributed by atoms with Gasteiger partial charge in [0.1, 0.15) is 16.8 Å². The molecule has 0 aliphatic rings. The van der Waals surface area contributed by atoms with Gasteiger partial charge in [-0.05, 0) is 36.8 Å². The van der Waals surface area contributed by atoms with Gasteiger partial charge in [0.2, 0.25) is 5.91 Å². The summed E-state index contributed by atoms with van der Waals surface area (Å²) in [4.78, 5) is 16.5. The number of nitrogens with zero attached hydrogens (tertiary/aromatic N) is 2. The van der Waals surface area contributed by atoms with Crippen LogP contribution >= 0.6 is 23.4 Å². The molecule has 0 fully saturated rings. The van der Waals surface area contributed by atoms with E-state index in [2.05, 4.69) is 16.4 Å². The van der Waals surface area contributed by atoms with Gasteiger partial charge in [-0.15, -0.1) is 0 Å². The highest BCUT2D eigenvalue weighted by atomic mass is 35.5. The van der Waals surface area contributed by atoms with E-state index in [4.69, 9.17) is 16.3 Å². The van der Waals surface area contributed by atoms with Gasteiger partial charge < -0.3 is 15.2 Å². The van der Waals surface area contributed by atoms with Gasteiger partial charge in [0.15, 0.2) is 0 Å². The van der Waals surface area contributed by atoms with E-state index in [1.165, 1.54) is 18.2 Å². The molecule has 8 heteroatoms. The number of amides is 1. The molecule has 1 amide bonds. The third-order valence-electron chi connectivity index (χ3n) is 3.18. The van der Waals surface area contributed by atoms with Crippen molar-refractivity contribution in [3.8, 4) is 11.8 Å². The topological polar surface area (TPSA) is 95.2 Å². The van der Waals surface area contributed by atoms with Crippen LogP contribution in [0.5, 0.6) is 5.75 Å². The van der Waals surface area contributed by atoms with Crippen LogP contribution in [0.1, 0.15) is 16.8 Å². The molecule has 1 aromatic carbocycles. The molecular formula is C17H16ClN3O3S. The Kier molecular flexibility index (Phi) is 6.65. The zero-order valence-electron chi connectivity index (χ0n) is 13.7. The lowest BCUT2D eigenvalue weighted by Gasteiger charge is -2.10. The normalized spacial score (nSPS) is 10.3. The molecule has 0 radical (unpaired) electrons. The lowest BCUT2D eigenvalue weighted by Crippen LogP contribution is -2.14. The van der Waals surface area contributed by atoms with Crippen molar-refractivity contribution in [2.45, 2.75) is 18.6 Å². The summed E-state index contributed by atoms with van der Waals surface area (Å²) in [5.74, 6) is -0.386. The lowest BCUT2D eigenvalue weighted by atomic mass is 10.1. The first-order chi connectivity index (χ1) is 11.9. The standard InChI is InChI=1S/C17H16ClN3O3S/c1-10-5-11(8-24-2)13(7-19)17(20-10)25-9-16(23)21-14-6-12(18)3-4-15(14)22/h3-6,22H,8-9H2,1-2H3,(H,21,23). The van der Waals surface area contributed by atoms with E-state index in [9.17, 15) is 15.2 Å². The first-order valence-corrected chi connectivity index (χ1v) is 8.61. The van der Waals surface area contributed by atoms with Crippen LogP contribution in [0.3, 0.4) is 0 Å². The number of hydrogen-bond acceptors (Lipinski definition) is 6. The molecule has 0 atom stereocenters. The minimum Gasteiger partial charge on any atom is -0.506 e. The minimum absolute atomic E-state index is 0.0313. The molecule has 0 unspecified atom stereocenters. The van der Waals surface area contributed by atoms with Crippen molar-refractivity contribution in [1.82, 2.24) is 4.98 Å². The molecular weight excluding hydrogens is 362 g/mol. The van der Waals surface area contributed by atoms with E-state index in [0.717, 1.165) is 23.0 Å². The molecule has 1 heterocycles. The highest BCUT2D eigenvalue weighted by Crippen LogP contribution is 2.28. The Morgan fingerprint density at radius 2 is 2.24 bits per heavy atom. The van der Waals surface area contributed by atoms with E-state index in [-0.39, 0.29) is 23.1 Å². The summed E-state index contributed by atoms with van der Waals surface area (Å²) < 4.78 is 5.10.